The molecule has 2 N–H and O–H groups in total. The van der Waals surface area contributed by atoms with Gasteiger partial charge in [-0.25, -0.2) is 0 Å². The summed E-state index contributed by atoms with van der Waals surface area (Å²) in [5.41, 5.74) is 9.58. The van der Waals surface area contributed by atoms with Gasteiger partial charge in [0, 0.05) is 24.4 Å². The SMILES string of the molecule is CCn1nc(CC(N)C2C(C)(C)C2(C)C)c2ccccc21. The van der Waals surface area contributed by atoms with Crippen LogP contribution >= 0.6 is 0 Å². The Balaban J connectivity index is 1.90. The number of hydrogen-bond acceptors (Lipinski definition) is 2. The van der Waals surface area contributed by atoms with Crippen LogP contribution in [0.5, 0.6) is 0 Å². The number of rotatable bonds is 4. The van der Waals surface area contributed by atoms with Gasteiger partial charge in [0.25, 0.3) is 0 Å². The third kappa shape index (κ3) is 2.02. The van der Waals surface area contributed by atoms with Gasteiger partial charge in [-0.3, -0.25) is 4.68 Å². The molecule has 0 radical (unpaired) electrons. The number of aryl methyl sites for hydroxylation is 1. The second kappa shape index (κ2) is 4.57. The molecule has 1 saturated carbocycles. The summed E-state index contributed by atoms with van der Waals surface area (Å²) in [5, 5.41) is 6.05. The Hall–Kier alpha value is -1.35. The fourth-order valence-corrected chi connectivity index (χ4v) is 4.25. The van der Waals surface area contributed by atoms with Crippen LogP contribution in [0.15, 0.2) is 24.3 Å². The van der Waals surface area contributed by atoms with Gasteiger partial charge in [0.05, 0.1) is 11.2 Å². The first-order valence-electron chi connectivity index (χ1n) is 8.00. The van der Waals surface area contributed by atoms with E-state index in [0.717, 1.165) is 18.7 Å². The zero-order valence-electron chi connectivity index (χ0n) is 13.9. The topological polar surface area (TPSA) is 43.8 Å². The van der Waals surface area contributed by atoms with Crippen LogP contribution in [0.3, 0.4) is 0 Å². The number of nitrogens with zero attached hydrogens (tertiary/aromatic N) is 2. The molecule has 1 aliphatic carbocycles. The van der Waals surface area contributed by atoms with Crippen LogP contribution in [0.25, 0.3) is 10.9 Å². The van der Waals surface area contributed by atoms with Crippen LogP contribution < -0.4 is 5.73 Å². The first-order chi connectivity index (χ1) is 9.80. The highest BCUT2D eigenvalue weighted by Crippen LogP contribution is 2.69. The lowest BCUT2D eigenvalue weighted by Gasteiger charge is -2.12. The minimum Gasteiger partial charge on any atom is -0.327 e. The largest absolute Gasteiger partial charge is 0.327 e. The van der Waals surface area contributed by atoms with Crippen LogP contribution in [-0.4, -0.2) is 15.8 Å². The summed E-state index contributed by atoms with van der Waals surface area (Å²) in [6.07, 6.45) is 0.866. The van der Waals surface area contributed by atoms with Gasteiger partial charge in [-0.1, -0.05) is 45.9 Å². The Morgan fingerprint density at radius 2 is 1.81 bits per heavy atom. The van der Waals surface area contributed by atoms with Crippen molar-refractivity contribution in [3.63, 3.8) is 0 Å². The lowest BCUT2D eigenvalue weighted by molar-refractivity contribution is 0.457. The van der Waals surface area contributed by atoms with E-state index >= 15 is 0 Å². The molecule has 3 rings (SSSR count). The number of para-hydroxylation sites is 1. The van der Waals surface area contributed by atoms with Crippen molar-refractivity contribution in [2.24, 2.45) is 22.5 Å². The van der Waals surface area contributed by atoms with Gasteiger partial charge < -0.3 is 5.73 Å². The Kier molecular flexibility index (Phi) is 3.17. The Bertz CT molecular complexity index is 652. The van der Waals surface area contributed by atoms with Gasteiger partial charge in [0.15, 0.2) is 0 Å². The maximum absolute atomic E-state index is 6.55. The van der Waals surface area contributed by atoms with E-state index in [1.54, 1.807) is 0 Å². The van der Waals surface area contributed by atoms with Crippen molar-refractivity contribution in [2.45, 2.75) is 53.6 Å². The normalized spacial score (nSPS) is 21.6. The van der Waals surface area contributed by atoms with Gasteiger partial charge >= 0.3 is 0 Å². The summed E-state index contributed by atoms with van der Waals surface area (Å²) in [7, 11) is 0. The van der Waals surface area contributed by atoms with Crippen molar-refractivity contribution in [2.75, 3.05) is 0 Å². The quantitative estimate of drug-likeness (QED) is 0.932. The molecule has 1 unspecified atom stereocenters. The maximum atomic E-state index is 6.55. The standard InChI is InChI=1S/C18H27N3/c1-6-21-15-10-8-7-9-12(15)14(20-21)11-13(19)16-17(2,3)18(16,4)5/h7-10,13,16H,6,11,19H2,1-5H3. The van der Waals surface area contributed by atoms with Gasteiger partial charge in [-0.05, 0) is 29.7 Å². The lowest BCUT2D eigenvalue weighted by Crippen LogP contribution is -2.28. The van der Waals surface area contributed by atoms with Gasteiger partial charge in [-0.2, -0.15) is 5.10 Å². The molecule has 1 aromatic heterocycles. The highest BCUT2D eigenvalue weighted by Gasteiger charge is 2.66. The molecular weight excluding hydrogens is 258 g/mol. The fraction of sp³-hybridized carbons (Fsp3) is 0.611. The summed E-state index contributed by atoms with van der Waals surface area (Å²) < 4.78 is 2.08. The van der Waals surface area contributed by atoms with Crippen molar-refractivity contribution < 1.29 is 0 Å². The monoisotopic (exact) mass is 285 g/mol. The third-order valence-electron chi connectivity index (χ3n) is 6.02. The molecule has 0 bridgehead atoms. The molecule has 0 aliphatic heterocycles. The van der Waals surface area contributed by atoms with Crippen molar-refractivity contribution in [3.8, 4) is 0 Å². The van der Waals surface area contributed by atoms with E-state index in [2.05, 4.69) is 63.6 Å². The number of fused-ring (bicyclic) bond motifs is 1. The second-order valence-corrected chi connectivity index (χ2v) is 7.57. The molecule has 2 aromatic rings. The van der Waals surface area contributed by atoms with Crippen molar-refractivity contribution in [3.05, 3.63) is 30.0 Å². The van der Waals surface area contributed by atoms with E-state index in [1.807, 2.05) is 0 Å². The van der Waals surface area contributed by atoms with Gasteiger partial charge in [-0.15, -0.1) is 0 Å². The predicted octanol–water partition coefficient (Wildman–Crippen LogP) is 3.61. The van der Waals surface area contributed by atoms with Crippen molar-refractivity contribution in [1.82, 2.24) is 9.78 Å². The maximum Gasteiger partial charge on any atom is 0.0718 e. The third-order valence-corrected chi connectivity index (χ3v) is 6.02. The number of aromatic nitrogens is 2. The molecule has 21 heavy (non-hydrogen) atoms. The zero-order valence-corrected chi connectivity index (χ0v) is 13.9. The van der Waals surface area contributed by atoms with Crippen LogP contribution in [0.2, 0.25) is 0 Å². The summed E-state index contributed by atoms with van der Waals surface area (Å²) in [6.45, 7) is 12.4. The molecule has 1 heterocycles. The lowest BCUT2D eigenvalue weighted by atomic mass is 9.99. The van der Waals surface area contributed by atoms with Gasteiger partial charge in [0.1, 0.15) is 0 Å². The van der Waals surface area contributed by atoms with E-state index in [-0.39, 0.29) is 6.04 Å². The van der Waals surface area contributed by atoms with E-state index in [1.165, 1.54) is 10.9 Å². The smallest absolute Gasteiger partial charge is 0.0718 e. The second-order valence-electron chi connectivity index (χ2n) is 7.57. The Morgan fingerprint density at radius 3 is 2.38 bits per heavy atom. The molecule has 0 saturated heterocycles. The number of hydrogen-bond donors (Lipinski definition) is 1. The van der Waals surface area contributed by atoms with Crippen LogP contribution in [0.1, 0.15) is 40.3 Å². The predicted molar refractivity (Wildman–Crippen MR) is 88.1 cm³/mol. The molecule has 3 heteroatoms. The van der Waals surface area contributed by atoms with Gasteiger partial charge in [0.2, 0.25) is 0 Å². The highest BCUT2D eigenvalue weighted by atomic mass is 15.3. The summed E-state index contributed by atoms with van der Waals surface area (Å²) >= 11 is 0. The van der Waals surface area contributed by atoms with E-state index in [4.69, 9.17) is 10.8 Å². The molecule has 1 atom stereocenters. The Morgan fingerprint density at radius 1 is 1.19 bits per heavy atom. The summed E-state index contributed by atoms with van der Waals surface area (Å²) in [4.78, 5) is 0. The number of benzene rings is 1. The molecule has 114 valence electrons. The summed E-state index contributed by atoms with van der Waals surface area (Å²) in [5.74, 6) is 0.565. The van der Waals surface area contributed by atoms with E-state index < -0.39 is 0 Å². The number of nitrogens with two attached hydrogens (primary N) is 1. The van der Waals surface area contributed by atoms with E-state index in [9.17, 15) is 0 Å². The van der Waals surface area contributed by atoms with E-state index in [0.29, 0.717) is 16.7 Å². The van der Waals surface area contributed by atoms with Crippen molar-refractivity contribution >= 4 is 10.9 Å². The van der Waals surface area contributed by atoms with Crippen LogP contribution in [-0.2, 0) is 13.0 Å². The Labute approximate surface area is 127 Å². The molecule has 0 spiro atoms. The highest BCUT2D eigenvalue weighted by molar-refractivity contribution is 5.82. The molecule has 0 amide bonds. The average molecular weight is 285 g/mol. The summed E-state index contributed by atoms with van der Waals surface area (Å²) in [6, 6.07) is 8.65. The first-order valence-corrected chi connectivity index (χ1v) is 8.00. The fourth-order valence-electron chi connectivity index (χ4n) is 4.25. The molecule has 1 fully saturated rings. The first kappa shape index (κ1) is 14.6. The minimum atomic E-state index is 0.179. The zero-order chi connectivity index (χ0) is 15.4. The molecule has 1 aliphatic rings. The average Bonchev–Trinajstić information content (AvgIpc) is 2.70. The van der Waals surface area contributed by atoms with Crippen molar-refractivity contribution in [1.29, 1.82) is 0 Å². The van der Waals surface area contributed by atoms with Crippen LogP contribution in [0.4, 0.5) is 0 Å². The molecule has 3 nitrogen and oxygen atoms in total. The minimum absolute atomic E-state index is 0.179. The molecular formula is C18H27N3. The van der Waals surface area contributed by atoms with Crippen LogP contribution in [0, 0.1) is 16.7 Å². The molecule has 1 aromatic carbocycles.